The van der Waals surface area contributed by atoms with Gasteiger partial charge in [-0.25, -0.2) is 4.79 Å². The molecule has 4 rings (SSSR count). The molecule has 0 atom stereocenters. The first-order chi connectivity index (χ1) is 18.7. The molecule has 0 fully saturated rings. The molecule has 0 saturated carbocycles. The minimum absolute atomic E-state index is 0.113. The van der Waals surface area contributed by atoms with Crippen LogP contribution in [0.3, 0.4) is 0 Å². The van der Waals surface area contributed by atoms with Crippen LogP contribution in [0.4, 0.5) is 17.6 Å². The summed E-state index contributed by atoms with van der Waals surface area (Å²) in [5.41, 5.74) is 4.43. The second-order valence-corrected chi connectivity index (χ2v) is 8.89. The van der Waals surface area contributed by atoms with Crippen molar-refractivity contribution < 1.29 is 36.6 Å². The molecule has 1 aromatic heterocycles. The Hall–Kier alpha value is -4.40. The maximum Gasteiger partial charge on any atom is 0.387 e. The van der Waals surface area contributed by atoms with Crippen molar-refractivity contribution in [3.05, 3.63) is 89.6 Å². The Labute approximate surface area is 222 Å². The maximum atomic E-state index is 12.9. The molecular weight excluding hydrogens is 514 g/mol. The standard InChI is InChI=1S/C30H25F4NO4/c1-17(2)22-15-21-8-5-11-35-27(21)23(16-22)19-6-4-7-20(14-19)24(28(36)37-3)12-18-9-10-25(38-29(31)32)26(13-18)39-30(33)34/h4-17,29-30H,1-3H3. The number of alkyl halides is 4. The second-order valence-electron chi connectivity index (χ2n) is 8.89. The van der Waals surface area contributed by atoms with Gasteiger partial charge >= 0.3 is 19.2 Å². The summed E-state index contributed by atoms with van der Waals surface area (Å²) in [7, 11) is 1.22. The van der Waals surface area contributed by atoms with Crippen molar-refractivity contribution in [2.45, 2.75) is 33.0 Å². The van der Waals surface area contributed by atoms with Gasteiger partial charge in [0.1, 0.15) is 0 Å². The van der Waals surface area contributed by atoms with E-state index in [-0.39, 0.29) is 17.1 Å². The van der Waals surface area contributed by atoms with Crippen molar-refractivity contribution in [2.24, 2.45) is 0 Å². The Morgan fingerprint density at radius 1 is 0.872 bits per heavy atom. The minimum Gasteiger partial charge on any atom is -0.465 e. The Bertz CT molecular complexity index is 1520. The van der Waals surface area contributed by atoms with Gasteiger partial charge in [0, 0.05) is 17.1 Å². The molecule has 3 aromatic carbocycles. The first kappa shape index (κ1) is 27.6. The molecule has 4 aromatic rings. The fourth-order valence-corrected chi connectivity index (χ4v) is 4.16. The highest BCUT2D eigenvalue weighted by Crippen LogP contribution is 2.35. The highest BCUT2D eigenvalue weighted by atomic mass is 19.3. The number of methoxy groups -OCH3 is 1. The Morgan fingerprint density at radius 3 is 2.31 bits per heavy atom. The number of hydrogen-bond donors (Lipinski definition) is 0. The van der Waals surface area contributed by atoms with Crippen LogP contribution in [-0.4, -0.2) is 31.3 Å². The molecule has 0 unspecified atom stereocenters. The first-order valence-electron chi connectivity index (χ1n) is 12.0. The highest BCUT2D eigenvalue weighted by Gasteiger charge is 2.18. The average molecular weight is 540 g/mol. The third kappa shape index (κ3) is 6.54. The van der Waals surface area contributed by atoms with Crippen LogP contribution >= 0.6 is 0 Å². The highest BCUT2D eigenvalue weighted by molar-refractivity contribution is 6.21. The molecule has 0 radical (unpaired) electrons. The monoisotopic (exact) mass is 539 g/mol. The molecule has 0 spiro atoms. The summed E-state index contributed by atoms with van der Waals surface area (Å²) in [6, 6.07) is 18.7. The lowest BCUT2D eigenvalue weighted by molar-refractivity contribution is -0.133. The van der Waals surface area contributed by atoms with Gasteiger partial charge in [0.15, 0.2) is 11.5 Å². The van der Waals surface area contributed by atoms with Crippen LogP contribution in [0.2, 0.25) is 0 Å². The molecule has 1 heterocycles. The minimum atomic E-state index is -3.27. The zero-order chi connectivity index (χ0) is 28.1. The summed E-state index contributed by atoms with van der Waals surface area (Å²) in [6.07, 6.45) is 3.11. The fraction of sp³-hybridized carbons (Fsp3) is 0.200. The number of nitrogens with zero attached hydrogens (tertiary/aromatic N) is 1. The molecule has 5 nitrogen and oxygen atoms in total. The molecule has 202 valence electrons. The quantitative estimate of drug-likeness (QED) is 0.0935. The van der Waals surface area contributed by atoms with E-state index in [1.165, 1.54) is 19.3 Å². The lowest BCUT2D eigenvalue weighted by atomic mass is 9.92. The first-order valence-corrected chi connectivity index (χ1v) is 12.0. The van der Waals surface area contributed by atoms with E-state index in [2.05, 4.69) is 40.4 Å². The smallest absolute Gasteiger partial charge is 0.387 e. The molecule has 9 heteroatoms. The second kappa shape index (κ2) is 12.0. The van der Waals surface area contributed by atoms with Crippen molar-refractivity contribution >= 4 is 28.5 Å². The van der Waals surface area contributed by atoms with Crippen molar-refractivity contribution in [3.8, 4) is 22.6 Å². The van der Waals surface area contributed by atoms with E-state index in [4.69, 9.17) is 4.74 Å². The lowest BCUT2D eigenvalue weighted by Crippen LogP contribution is -2.08. The molecular formula is C30H25F4NO4. The van der Waals surface area contributed by atoms with Gasteiger partial charge in [-0.2, -0.15) is 17.6 Å². The van der Waals surface area contributed by atoms with Gasteiger partial charge in [-0.1, -0.05) is 44.2 Å². The number of hydrogen-bond acceptors (Lipinski definition) is 5. The average Bonchev–Trinajstić information content (AvgIpc) is 2.91. The van der Waals surface area contributed by atoms with E-state index < -0.39 is 30.7 Å². The fourth-order valence-electron chi connectivity index (χ4n) is 4.16. The van der Waals surface area contributed by atoms with Crippen molar-refractivity contribution in [1.82, 2.24) is 4.98 Å². The van der Waals surface area contributed by atoms with Crippen molar-refractivity contribution in [2.75, 3.05) is 7.11 Å². The Kier molecular flexibility index (Phi) is 8.49. The zero-order valence-corrected chi connectivity index (χ0v) is 21.3. The van der Waals surface area contributed by atoms with Gasteiger partial charge in [-0.15, -0.1) is 0 Å². The number of carbonyl (C=O) groups excluding carboxylic acids is 1. The SMILES string of the molecule is COC(=O)C(=Cc1ccc(OC(F)F)c(OC(F)F)c1)c1cccc(-c2cc(C(C)C)cc3cccnc23)c1. The normalized spacial score (nSPS) is 11.9. The Morgan fingerprint density at radius 2 is 1.62 bits per heavy atom. The van der Waals surface area contributed by atoms with Gasteiger partial charge < -0.3 is 14.2 Å². The number of halogens is 4. The maximum absolute atomic E-state index is 12.9. The summed E-state index contributed by atoms with van der Waals surface area (Å²) in [5.74, 6) is -1.58. The van der Waals surface area contributed by atoms with Crippen LogP contribution in [0, 0.1) is 0 Å². The number of ether oxygens (including phenoxy) is 3. The number of fused-ring (bicyclic) bond motifs is 1. The zero-order valence-electron chi connectivity index (χ0n) is 21.3. The van der Waals surface area contributed by atoms with Crippen LogP contribution in [0.1, 0.15) is 36.5 Å². The molecule has 39 heavy (non-hydrogen) atoms. The predicted molar refractivity (Wildman–Crippen MR) is 141 cm³/mol. The summed E-state index contributed by atoms with van der Waals surface area (Å²) < 4.78 is 64.9. The third-order valence-electron chi connectivity index (χ3n) is 5.99. The van der Waals surface area contributed by atoms with Crippen molar-refractivity contribution in [1.29, 1.82) is 0 Å². The molecule has 0 aliphatic carbocycles. The van der Waals surface area contributed by atoms with Crippen LogP contribution < -0.4 is 9.47 Å². The molecule has 0 saturated heterocycles. The number of pyridine rings is 1. The molecule has 0 amide bonds. The largest absolute Gasteiger partial charge is 0.465 e. The summed E-state index contributed by atoms with van der Waals surface area (Å²) in [6.45, 7) is -2.32. The van der Waals surface area contributed by atoms with Crippen LogP contribution in [0.15, 0.2) is 72.9 Å². The van der Waals surface area contributed by atoms with E-state index in [1.54, 1.807) is 24.4 Å². The summed E-state index contributed by atoms with van der Waals surface area (Å²) in [4.78, 5) is 17.4. The third-order valence-corrected chi connectivity index (χ3v) is 5.99. The van der Waals surface area contributed by atoms with Gasteiger partial charge in [-0.3, -0.25) is 4.98 Å². The molecule has 0 aliphatic rings. The molecule has 0 bridgehead atoms. The summed E-state index contributed by atoms with van der Waals surface area (Å²) in [5, 5.41) is 0.977. The predicted octanol–water partition coefficient (Wildman–Crippen LogP) is 7.94. The van der Waals surface area contributed by atoms with Gasteiger partial charge in [0.25, 0.3) is 0 Å². The number of esters is 1. The molecule has 0 aliphatic heterocycles. The van der Waals surface area contributed by atoms with Gasteiger partial charge in [0.2, 0.25) is 0 Å². The van der Waals surface area contributed by atoms with Crippen molar-refractivity contribution in [3.63, 3.8) is 0 Å². The number of benzene rings is 3. The van der Waals surface area contributed by atoms with Crippen LogP contribution in [-0.2, 0) is 9.53 Å². The topological polar surface area (TPSA) is 57.7 Å². The summed E-state index contributed by atoms with van der Waals surface area (Å²) >= 11 is 0. The number of carbonyl (C=O) groups is 1. The van der Waals surface area contributed by atoms with E-state index in [1.807, 2.05) is 18.2 Å². The van der Waals surface area contributed by atoms with E-state index in [9.17, 15) is 22.4 Å². The van der Waals surface area contributed by atoms with Gasteiger partial charge in [0.05, 0.1) is 18.2 Å². The van der Waals surface area contributed by atoms with E-state index in [0.29, 0.717) is 5.56 Å². The van der Waals surface area contributed by atoms with E-state index in [0.717, 1.165) is 39.7 Å². The van der Waals surface area contributed by atoms with E-state index >= 15 is 0 Å². The Balaban J connectivity index is 1.83. The lowest BCUT2D eigenvalue weighted by Gasteiger charge is -2.14. The number of aromatic nitrogens is 1. The van der Waals surface area contributed by atoms with Gasteiger partial charge in [-0.05, 0) is 70.6 Å². The number of rotatable bonds is 9. The van der Waals surface area contributed by atoms with Crippen LogP contribution in [0.5, 0.6) is 11.5 Å². The van der Waals surface area contributed by atoms with Crippen LogP contribution in [0.25, 0.3) is 33.7 Å². The molecule has 0 N–H and O–H groups in total.